The zero-order chi connectivity index (χ0) is 18.5. The monoisotopic (exact) mass is 379 g/mol. The molecule has 0 aliphatic carbocycles. The van der Waals surface area contributed by atoms with Crippen molar-refractivity contribution in [2.75, 3.05) is 5.75 Å². The average Bonchev–Trinajstić information content (AvgIpc) is 3.07. The number of amides is 1. The summed E-state index contributed by atoms with van der Waals surface area (Å²) in [6, 6.07) is 6.24. The van der Waals surface area contributed by atoms with Crippen LogP contribution in [-0.4, -0.2) is 38.8 Å². The van der Waals surface area contributed by atoms with Crippen LogP contribution in [0.4, 0.5) is 4.39 Å². The first-order chi connectivity index (χ1) is 12.5. The van der Waals surface area contributed by atoms with E-state index in [2.05, 4.69) is 24.0 Å². The molecule has 0 spiro atoms. The Morgan fingerprint density at radius 1 is 1.27 bits per heavy atom. The van der Waals surface area contributed by atoms with Gasteiger partial charge in [0, 0.05) is 12.1 Å². The molecule has 0 unspecified atom stereocenters. The highest BCUT2D eigenvalue weighted by Crippen LogP contribution is 2.25. The Morgan fingerprint density at radius 3 is 2.65 bits per heavy atom. The summed E-state index contributed by atoms with van der Waals surface area (Å²) in [6.45, 7) is 4.28. The lowest BCUT2D eigenvalue weighted by Crippen LogP contribution is -2.48. The molecule has 1 aromatic heterocycles. The van der Waals surface area contributed by atoms with Crippen molar-refractivity contribution in [1.82, 2.24) is 15.1 Å². The minimum absolute atomic E-state index is 0.0906. The second-order valence-corrected chi connectivity index (χ2v) is 7.35. The van der Waals surface area contributed by atoms with Gasteiger partial charge in [0.05, 0.1) is 5.75 Å². The van der Waals surface area contributed by atoms with Crippen LogP contribution in [0.2, 0.25) is 0 Å². The fourth-order valence-corrected chi connectivity index (χ4v) is 3.79. The maximum Gasteiger partial charge on any atom is 0.277 e. The van der Waals surface area contributed by atoms with E-state index in [0.717, 1.165) is 12.8 Å². The lowest BCUT2D eigenvalue weighted by molar-refractivity contribution is -0.134. The van der Waals surface area contributed by atoms with Gasteiger partial charge in [-0.05, 0) is 57.4 Å². The molecule has 1 aliphatic rings. The summed E-state index contributed by atoms with van der Waals surface area (Å²) in [7, 11) is 0. The minimum atomic E-state index is -0.323. The van der Waals surface area contributed by atoms with Crippen molar-refractivity contribution in [2.45, 2.75) is 57.0 Å². The molecule has 8 heteroatoms. The zero-order valence-corrected chi connectivity index (χ0v) is 15.7. The number of piperidine rings is 1. The molecule has 6 nitrogen and oxygen atoms in total. The zero-order valence-electron chi connectivity index (χ0n) is 14.9. The van der Waals surface area contributed by atoms with Gasteiger partial charge in [-0.1, -0.05) is 11.8 Å². The summed E-state index contributed by atoms with van der Waals surface area (Å²) in [5.74, 6) is 0.869. The first-order valence-corrected chi connectivity index (χ1v) is 9.66. The van der Waals surface area contributed by atoms with Gasteiger partial charge in [-0.25, -0.2) is 4.39 Å². The van der Waals surface area contributed by atoms with E-state index in [0.29, 0.717) is 16.9 Å². The van der Waals surface area contributed by atoms with Gasteiger partial charge in [0.1, 0.15) is 11.6 Å². The van der Waals surface area contributed by atoms with Gasteiger partial charge in [0.25, 0.3) is 11.1 Å². The number of thioether (sulfide) groups is 1. The van der Waals surface area contributed by atoms with Crippen LogP contribution in [0.3, 0.4) is 0 Å². The van der Waals surface area contributed by atoms with Crippen LogP contribution in [0, 0.1) is 5.82 Å². The summed E-state index contributed by atoms with van der Waals surface area (Å²) in [4.78, 5) is 14.5. The lowest BCUT2D eigenvalue weighted by Gasteiger charge is -2.39. The Labute approximate surface area is 156 Å². The van der Waals surface area contributed by atoms with Gasteiger partial charge >= 0.3 is 0 Å². The molecular formula is C18H22FN3O3S. The molecule has 3 rings (SSSR count). The normalized spacial score (nSPS) is 20.2. The largest absolute Gasteiger partial charge is 0.484 e. The topological polar surface area (TPSA) is 68.5 Å². The molecule has 1 aromatic carbocycles. The SMILES string of the molecule is C[C@@H]1CCC[C@@H](C)N1C(=O)CSc1nnc(COc2ccc(F)cc2)o1. The summed E-state index contributed by atoms with van der Waals surface area (Å²) in [6.07, 6.45) is 3.26. The predicted molar refractivity (Wildman–Crippen MR) is 95.4 cm³/mol. The first-order valence-electron chi connectivity index (χ1n) is 8.67. The third-order valence-electron chi connectivity index (χ3n) is 4.42. The van der Waals surface area contributed by atoms with E-state index < -0.39 is 0 Å². The number of nitrogens with zero attached hydrogens (tertiary/aromatic N) is 3. The number of halogens is 1. The first kappa shape index (κ1) is 18.7. The fourth-order valence-electron chi connectivity index (χ4n) is 3.14. The van der Waals surface area contributed by atoms with Crippen molar-refractivity contribution in [3.05, 3.63) is 36.0 Å². The van der Waals surface area contributed by atoms with E-state index in [4.69, 9.17) is 9.15 Å². The van der Waals surface area contributed by atoms with Crippen molar-refractivity contribution in [3.8, 4) is 5.75 Å². The summed E-state index contributed by atoms with van der Waals surface area (Å²) in [5.41, 5.74) is 0. The fraction of sp³-hybridized carbons (Fsp3) is 0.500. The maximum absolute atomic E-state index is 12.9. The van der Waals surface area contributed by atoms with Gasteiger partial charge < -0.3 is 14.1 Å². The van der Waals surface area contributed by atoms with Crippen LogP contribution < -0.4 is 4.74 Å². The molecular weight excluding hydrogens is 357 g/mol. The molecule has 0 radical (unpaired) electrons. The molecule has 0 N–H and O–H groups in total. The molecule has 140 valence electrons. The third kappa shape index (κ3) is 4.75. The molecule has 0 saturated carbocycles. The second kappa shape index (κ2) is 8.53. The van der Waals surface area contributed by atoms with E-state index in [-0.39, 0.29) is 36.2 Å². The number of rotatable bonds is 6. The third-order valence-corrected chi connectivity index (χ3v) is 5.23. The Kier molecular flexibility index (Phi) is 6.13. The minimum Gasteiger partial charge on any atom is -0.484 e. The van der Waals surface area contributed by atoms with Gasteiger partial charge in [0.2, 0.25) is 5.91 Å². The Balaban J connectivity index is 1.48. The smallest absolute Gasteiger partial charge is 0.277 e. The molecule has 2 heterocycles. The number of ether oxygens (including phenoxy) is 1. The van der Waals surface area contributed by atoms with Crippen LogP contribution in [0.15, 0.2) is 33.9 Å². The highest BCUT2D eigenvalue weighted by molar-refractivity contribution is 7.99. The van der Waals surface area contributed by atoms with Crippen molar-refractivity contribution in [2.24, 2.45) is 0 Å². The molecule has 1 aliphatic heterocycles. The quantitative estimate of drug-likeness (QED) is 0.714. The van der Waals surface area contributed by atoms with Crippen LogP contribution in [-0.2, 0) is 11.4 Å². The van der Waals surface area contributed by atoms with Gasteiger partial charge in [0.15, 0.2) is 6.61 Å². The molecule has 2 atom stereocenters. The molecule has 1 fully saturated rings. The lowest BCUT2D eigenvalue weighted by atomic mass is 9.98. The number of hydrogen-bond acceptors (Lipinski definition) is 6. The predicted octanol–water partition coefficient (Wildman–Crippen LogP) is 3.67. The van der Waals surface area contributed by atoms with Crippen LogP contribution in [0.5, 0.6) is 5.75 Å². The Morgan fingerprint density at radius 2 is 1.96 bits per heavy atom. The van der Waals surface area contributed by atoms with Crippen LogP contribution in [0.25, 0.3) is 0 Å². The summed E-state index contributed by atoms with van der Waals surface area (Å²) in [5, 5.41) is 8.18. The molecule has 0 bridgehead atoms. The number of carbonyl (C=O) groups excluding carboxylic acids is 1. The van der Waals surface area contributed by atoms with E-state index in [1.165, 1.54) is 42.4 Å². The molecule has 2 aromatic rings. The van der Waals surface area contributed by atoms with Crippen molar-refractivity contribution < 1.29 is 18.3 Å². The van der Waals surface area contributed by atoms with E-state index in [1.807, 2.05) is 4.90 Å². The van der Waals surface area contributed by atoms with Gasteiger partial charge in [-0.15, -0.1) is 10.2 Å². The Bertz CT molecular complexity index is 728. The Hall–Kier alpha value is -2.09. The van der Waals surface area contributed by atoms with E-state index >= 15 is 0 Å². The number of carbonyl (C=O) groups is 1. The van der Waals surface area contributed by atoms with Crippen LogP contribution >= 0.6 is 11.8 Å². The highest BCUT2D eigenvalue weighted by Gasteiger charge is 2.29. The van der Waals surface area contributed by atoms with Crippen LogP contribution in [0.1, 0.15) is 39.0 Å². The number of aromatic nitrogens is 2. The van der Waals surface area contributed by atoms with Crippen molar-refractivity contribution in [1.29, 1.82) is 0 Å². The van der Waals surface area contributed by atoms with E-state index in [1.54, 1.807) is 0 Å². The van der Waals surface area contributed by atoms with Crippen molar-refractivity contribution in [3.63, 3.8) is 0 Å². The molecule has 1 amide bonds. The summed E-state index contributed by atoms with van der Waals surface area (Å²) < 4.78 is 23.8. The number of benzene rings is 1. The average molecular weight is 379 g/mol. The maximum atomic E-state index is 12.9. The number of likely N-dealkylation sites (tertiary alicyclic amines) is 1. The van der Waals surface area contributed by atoms with Gasteiger partial charge in [-0.2, -0.15) is 0 Å². The van der Waals surface area contributed by atoms with Gasteiger partial charge in [-0.3, -0.25) is 4.79 Å². The standard InChI is InChI=1S/C18H22FN3O3S/c1-12-4-3-5-13(2)22(12)17(23)11-26-18-21-20-16(25-18)10-24-15-8-6-14(19)7-9-15/h6-9,12-13H,3-5,10-11H2,1-2H3/t12-,13-/m1/s1. The molecule has 1 saturated heterocycles. The van der Waals surface area contributed by atoms with Crippen molar-refractivity contribution >= 4 is 17.7 Å². The van der Waals surface area contributed by atoms with E-state index in [9.17, 15) is 9.18 Å². The highest BCUT2D eigenvalue weighted by atomic mass is 32.2. The molecule has 26 heavy (non-hydrogen) atoms. The number of hydrogen-bond donors (Lipinski definition) is 0. The second-order valence-electron chi connectivity index (χ2n) is 6.42. The summed E-state index contributed by atoms with van der Waals surface area (Å²) >= 11 is 1.23.